The number of rotatable bonds is 9. The fourth-order valence-electron chi connectivity index (χ4n) is 5.56. The number of nitrogens with two attached hydrogens (primary N) is 1. The molecule has 48 heavy (non-hydrogen) atoms. The summed E-state index contributed by atoms with van der Waals surface area (Å²) in [5.74, 6) is 5.49. The molecule has 1 atom stereocenters. The number of fused-ring (bicyclic) bond motifs is 1. The molecule has 0 fully saturated rings. The fourth-order valence-corrected chi connectivity index (χ4v) is 5.56. The number of amides is 2. The number of aliphatic hydroxyl groups excluding tert-OH is 2. The Bertz CT molecular complexity index is 1910. The van der Waals surface area contributed by atoms with Crippen molar-refractivity contribution in [2.75, 3.05) is 37.8 Å². The van der Waals surface area contributed by atoms with Crippen LogP contribution < -0.4 is 16.4 Å². The van der Waals surface area contributed by atoms with Gasteiger partial charge in [0, 0.05) is 56.2 Å². The Balaban J connectivity index is 1.32. The van der Waals surface area contributed by atoms with Crippen molar-refractivity contribution in [1.82, 2.24) is 24.8 Å². The van der Waals surface area contributed by atoms with Gasteiger partial charge < -0.3 is 31.1 Å². The number of aromatic nitrogens is 3. The molecule has 5 rings (SSSR count). The second-order valence-electron chi connectivity index (χ2n) is 11.5. The largest absolute Gasteiger partial charge is 0.416 e. The van der Waals surface area contributed by atoms with Crippen molar-refractivity contribution in [2.45, 2.75) is 31.7 Å². The van der Waals surface area contributed by atoms with Crippen molar-refractivity contribution in [3.8, 4) is 23.2 Å². The monoisotopic (exact) mass is 661 g/mol. The molecule has 14 heteroatoms. The van der Waals surface area contributed by atoms with Crippen molar-refractivity contribution in [2.24, 2.45) is 7.05 Å². The summed E-state index contributed by atoms with van der Waals surface area (Å²) in [6, 6.07) is 12.2. The van der Waals surface area contributed by atoms with Crippen LogP contribution in [0.25, 0.3) is 11.4 Å². The molecule has 0 aliphatic carbocycles. The normalized spacial score (nSPS) is 13.4. The molecule has 2 aromatic heterocycles. The Kier molecular flexibility index (Phi) is 10.1. The second kappa shape index (κ2) is 14.3. The third kappa shape index (κ3) is 8.00. The van der Waals surface area contributed by atoms with E-state index < -0.39 is 30.4 Å². The van der Waals surface area contributed by atoms with E-state index in [1.54, 1.807) is 30.3 Å². The first-order chi connectivity index (χ1) is 22.8. The molecule has 1 aliphatic rings. The Hall–Kier alpha value is -5.23. The number of carbonyl (C=O) groups is 2. The number of nitrogens with one attached hydrogen (secondary N) is 2. The summed E-state index contributed by atoms with van der Waals surface area (Å²) >= 11 is 0. The number of hydrogen-bond acceptors (Lipinski definition) is 8. The van der Waals surface area contributed by atoms with Crippen molar-refractivity contribution >= 4 is 23.5 Å². The lowest BCUT2D eigenvalue weighted by Crippen LogP contribution is -2.31. The van der Waals surface area contributed by atoms with E-state index in [9.17, 15) is 27.9 Å². The van der Waals surface area contributed by atoms with Gasteiger partial charge in [0.25, 0.3) is 5.91 Å². The van der Waals surface area contributed by atoms with Crippen LogP contribution in [0.5, 0.6) is 0 Å². The van der Waals surface area contributed by atoms with Crippen LogP contribution in [-0.2, 0) is 37.4 Å². The first kappa shape index (κ1) is 34.1. The molecule has 11 nitrogen and oxygen atoms in total. The summed E-state index contributed by atoms with van der Waals surface area (Å²) in [5, 5.41) is 24.0. The molecule has 3 heterocycles. The van der Waals surface area contributed by atoms with Gasteiger partial charge in [-0.2, -0.15) is 13.2 Å². The minimum atomic E-state index is -4.68. The average Bonchev–Trinajstić information content (AvgIpc) is 3.37. The topological polar surface area (TPSA) is 159 Å². The van der Waals surface area contributed by atoms with Crippen molar-refractivity contribution in [3.05, 3.63) is 93.8 Å². The molecule has 4 aromatic rings. The first-order valence-corrected chi connectivity index (χ1v) is 15.0. The highest BCUT2D eigenvalue weighted by atomic mass is 19.4. The molecular formula is C34H34F3N7O4. The smallest absolute Gasteiger partial charge is 0.394 e. The van der Waals surface area contributed by atoms with Crippen molar-refractivity contribution in [1.29, 1.82) is 0 Å². The lowest BCUT2D eigenvalue weighted by molar-refractivity contribution is -0.138. The highest BCUT2D eigenvalue weighted by Gasteiger charge is 2.34. The molecule has 250 valence electrons. The molecule has 1 unspecified atom stereocenters. The summed E-state index contributed by atoms with van der Waals surface area (Å²) in [7, 11) is 3.38. The van der Waals surface area contributed by atoms with E-state index in [0.717, 1.165) is 11.8 Å². The highest BCUT2D eigenvalue weighted by Crippen LogP contribution is 2.34. The van der Waals surface area contributed by atoms with Crippen LogP contribution in [0.3, 0.4) is 0 Å². The summed E-state index contributed by atoms with van der Waals surface area (Å²) < 4.78 is 43.6. The number of aliphatic hydroxyl groups is 2. The maximum absolute atomic E-state index is 13.9. The van der Waals surface area contributed by atoms with Crippen molar-refractivity contribution < 1.29 is 33.0 Å². The predicted octanol–water partition coefficient (Wildman–Crippen LogP) is 2.74. The third-order valence-electron chi connectivity index (χ3n) is 7.81. The minimum Gasteiger partial charge on any atom is -0.394 e. The van der Waals surface area contributed by atoms with E-state index in [1.165, 1.54) is 30.3 Å². The second-order valence-corrected chi connectivity index (χ2v) is 11.5. The van der Waals surface area contributed by atoms with Gasteiger partial charge in [0.2, 0.25) is 11.9 Å². The van der Waals surface area contributed by atoms with E-state index in [-0.39, 0.29) is 42.6 Å². The number of hydrogen-bond donors (Lipinski definition) is 5. The Labute approximate surface area is 274 Å². The van der Waals surface area contributed by atoms with Crippen LogP contribution in [0.2, 0.25) is 0 Å². The maximum Gasteiger partial charge on any atom is 0.416 e. The molecule has 2 amide bonds. The molecule has 0 saturated heterocycles. The molecular weight excluding hydrogens is 627 g/mol. The zero-order valence-corrected chi connectivity index (χ0v) is 26.2. The molecule has 0 spiro atoms. The number of alkyl halides is 3. The van der Waals surface area contributed by atoms with Crippen LogP contribution in [0.4, 0.5) is 24.8 Å². The standard InChI is InChI=1S/C34H34F3N7O4/c1-43(18-25(46)19-45)17-23-8-9-24(14-27(23)34(35,36)37)41-30(47)13-21-5-3-4-20(12-21)6-7-22-16-40-33(38)42-31(22)29-15-26-28(44(29)2)10-11-39-32(26)48/h3-5,8-9,12,14-16,25,45-46H,10-11,13,17-19H2,1-2H3,(H,39,48)(H,41,47)(H2,38,40,42). The number of carbonyl (C=O) groups excluding carboxylic acids is 2. The number of halogens is 3. The summed E-state index contributed by atoms with van der Waals surface area (Å²) in [6.45, 7) is -0.108. The van der Waals surface area contributed by atoms with Crippen molar-refractivity contribution in [3.63, 3.8) is 0 Å². The van der Waals surface area contributed by atoms with Crippen LogP contribution in [0.15, 0.2) is 54.7 Å². The number of anilines is 2. The number of likely N-dealkylation sites (N-methyl/N-ethyl adjacent to an activating group) is 1. The van der Waals surface area contributed by atoms with E-state index in [1.807, 2.05) is 11.6 Å². The molecule has 1 aliphatic heterocycles. The van der Waals surface area contributed by atoms with Gasteiger partial charge in [0.05, 0.1) is 41.5 Å². The maximum atomic E-state index is 13.9. The van der Waals surface area contributed by atoms with E-state index in [4.69, 9.17) is 10.8 Å². The van der Waals surface area contributed by atoms with Gasteiger partial charge in [0.15, 0.2) is 0 Å². The van der Waals surface area contributed by atoms with Gasteiger partial charge in [-0.1, -0.05) is 30.0 Å². The molecule has 6 N–H and O–H groups in total. The van der Waals surface area contributed by atoms with E-state index in [0.29, 0.717) is 46.6 Å². The van der Waals surface area contributed by atoms with Crippen LogP contribution in [0.1, 0.15) is 43.9 Å². The van der Waals surface area contributed by atoms with Gasteiger partial charge in [0.1, 0.15) is 5.69 Å². The lowest BCUT2D eigenvalue weighted by Gasteiger charge is -2.22. The number of nitrogen functional groups attached to an aromatic ring is 1. The van der Waals surface area contributed by atoms with E-state index in [2.05, 4.69) is 32.4 Å². The molecule has 0 bridgehead atoms. The van der Waals surface area contributed by atoms with Gasteiger partial charge >= 0.3 is 6.18 Å². The van der Waals surface area contributed by atoms with Crippen LogP contribution in [0, 0.1) is 11.8 Å². The Morgan fingerprint density at radius 1 is 1.21 bits per heavy atom. The van der Waals surface area contributed by atoms with Gasteiger partial charge in [-0.05, 0) is 48.5 Å². The van der Waals surface area contributed by atoms with Crippen LogP contribution >= 0.6 is 0 Å². The SMILES string of the molecule is CN(Cc1ccc(NC(=O)Cc2cccc(C#Cc3cnc(N)nc3-c3cc4c(n3C)CCNC4=O)c2)cc1C(F)(F)F)CC(O)CO. The van der Waals surface area contributed by atoms with E-state index >= 15 is 0 Å². The molecule has 2 aromatic carbocycles. The molecule has 0 radical (unpaired) electrons. The van der Waals surface area contributed by atoms with Gasteiger partial charge in [-0.3, -0.25) is 14.5 Å². The average molecular weight is 662 g/mol. The number of benzene rings is 2. The summed E-state index contributed by atoms with van der Waals surface area (Å²) in [4.78, 5) is 35.2. The van der Waals surface area contributed by atoms with Gasteiger partial charge in [-0.15, -0.1) is 0 Å². The Morgan fingerprint density at radius 2 is 2.00 bits per heavy atom. The first-order valence-electron chi connectivity index (χ1n) is 15.0. The fraction of sp³-hybridized carbons (Fsp3) is 0.294. The van der Waals surface area contributed by atoms with Crippen LogP contribution in [-0.4, -0.2) is 74.3 Å². The third-order valence-corrected chi connectivity index (χ3v) is 7.81. The lowest BCUT2D eigenvalue weighted by atomic mass is 10.0. The molecule has 0 saturated carbocycles. The predicted molar refractivity (Wildman–Crippen MR) is 173 cm³/mol. The summed E-state index contributed by atoms with van der Waals surface area (Å²) in [5.41, 5.74) is 9.15. The Morgan fingerprint density at radius 3 is 2.73 bits per heavy atom. The zero-order valence-electron chi connectivity index (χ0n) is 26.2. The minimum absolute atomic E-state index is 0.0132. The summed E-state index contributed by atoms with van der Waals surface area (Å²) in [6.07, 6.45) is -3.70. The highest BCUT2D eigenvalue weighted by molar-refractivity contribution is 5.98. The van der Waals surface area contributed by atoms with Gasteiger partial charge in [-0.25, -0.2) is 9.97 Å². The number of nitrogens with zero attached hydrogens (tertiary/aromatic N) is 4. The quantitative estimate of drug-likeness (QED) is 0.171. The zero-order chi connectivity index (χ0) is 34.6.